The molecule has 0 atom stereocenters. The van der Waals surface area contributed by atoms with Crippen molar-refractivity contribution < 1.29 is 32.6 Å². The average molecular weight is 305 g/mol. The maximum Gasteiger partial charge on any atom is 0.341 e. The van der Waals surface area contributed by atoms with Crippen LogP contribution in [-0.2, 0) is 24.4 Å². The summed E-state index contributed by atoms with van der Waals surface area (Å²) in [6, 6.07) is 5.26. The highest BCUT2D eigenvalue weighted by Crippen LogP contribution is 2.15. The van der Waals surface area contributed by atoms with E-state index in [1.54, 1.807) is 0 Å². The minimum absolute atomic E-state index is 0.0300. The molecule has 0 saturated heterocycles. The van der Waals surface area contributed by atoms with Crippen molar-refractivity contribution in [2.24, 2.45) is 0 Å². The first-order valence-corrected chi connectivity index (χ1v) is 7.01. The predicted molar refractivity (Wildman–Crippen MR) is 67.7 cm³/mol. The van der Waals surface area contributed by atoms with Crippen LogP contribution in [0, 0.1) is 0 Å². The number of hydrogen-bond donors (Lipinski definition) is 2. The van der Waals surface area contributed by atoms with Crippen LogP contribution in [0.3, 0.4) is 0 Å². The molecule has 0 amide bonds. The van der Waals surface area contributed by atoms with Crippen LogP contribution in [-0.4, -0.2) is 46.4 Å². The number of aliphatic carboxylic acids is 1. The van der Waals surface area contributed by atoms with Crippen LogP contribution in [0.25, 0.3) is 0 Å². The van der Waals surface area contributed by atoms with E-state index in [9.17, 15) is 13.2 Å². The molecule has 1 aromatic rings. The van der Waals surface area contributed by atoms with Gasteiger partial charge in [-0.2, -0.15) is 0 Å². The number of ether oxygens (including phenoxy) is 2. The van der Waals surface area contributed by atoms with Crippen LogP contribution in [0.1, 0.15) is 0 Å². The van der Waals surface area contributed by atoms with E-state index < -0.39 is 22.6 Å². The van der Waals surface area contributed by atoms with Gasteiger partial charge in [0.1, 0.15) is 5.75 Å². The number of hydrogen-bond acceptors (Lipinski definition) is 6. The molecule has 0 aliphatic heterocycles. The second-order valence-corrected chi connectivity index (χ2v) is 5.23. The number of benzene rings is 1. The fourth-order valence-electron chi connectivity index (χ4n) is 1.15. The Morgan fingerprint density at radius 1 is 1.25 bits per heavy atom. The van der Waals surface area contributed by atoms with Crippen molar-refractivity contribution >= 4 is 16.0 Å². The summed E-state index contributed by atoms with van der Waals surface area (Å²) < 4.78 is 33.1. The van der Waals surface area contributed by atoms with Gasteiger partial charge in [-0.25, -0.2) is 13.2 Å². The van der Waals surface area contributed by atoms with Crippen molar-refractivity contribution in [3.8, 4) is 5.75 Å². The topological polar surface area (TPSA) is 111 Å². The van der Waals surface area contributed by atoms with Crippen LogP contribution < -0.4 is 9.62 Å². The fourth-order valence-corrected chi connectivity index (χ4v) is 1.98. The van der Waals surface area contributed by atoms with Gasteiger partial charge in [0.15, 0.2) is 6.61 Å². The molecule has 0 aliphatic carbocycles. The smallest absolute Gasteiger partial charge is 0.341 e. The maximum absolute atomic E-state index is 11.8. The van der Waals surface area contributed by atoms with Crippen LogP contribution in [0.15, 0.2) is 29.2 Å². The van der Waals surface area contributed by atoms with Gasteiger partial charge in [0.05, 0.1) is 18.1 Å². The van der Waals surface area contributed by atoms with Gasteiger partial charge < -0.3 is 14.6 Å². The predicted octanol–water partition coefficient (Wildman–Crippen LogP) is 0.00630. The van der Waals surface area contributed by atoms with Crippen molar-refractivity contribution in [3.05, 3.63) is 24.3 Å². The highest BCUT2D eigenvalue weighted by Gasteiger charge is 2.14. The molecule has 0 aromatic heterocycles. The highest BCUT2D eigenvalue weighted by atomic mass is 32.2. The van der Waals surface area contributed by atoms with Crippen molar-refractivity contribution in [2.45, 2.75) is 4.90 Å². The van der Waals surface area contributed by atoms with E-state index in [1.165, 1.54) is 31.4 Å². The van der Waals surface area contributed by atoms with Gasteiger partial charge >= 0.3 is 5.97 Å². The van der Waals surface area contributed by atoms with E-state index in [0.29, 0.717) is 0 Å². The fraction of sp³-hybridized carbons (Fsp3) is 0.364. The van der Waals surface area contributed by atoms with Gasteiger partial charge in [0.2, 0.25) is 0 Å². The molecule has 0 saturated carbocycles. The van der Waals surface area contributed by atoms with Crippen molar-refractivity contribution in [1.82, 2.24) is 4.89 Å². The molecular formula is C11H15NO7S. The highest BCUT2D eigenvalue weighted by molar-refractivity contribution is 7.89. The Bertz CT molecular complexity index is 526. The van der Waals surface area contributed by atoms with Crippen LogP contribution in [0.4, 0.5) is 0 Å². The summed E-state index contributed by atoms with van der Waals surface area (Å²) >= 11 is 0. The SMILES string of the molecule is COCCONS(=O)(=O)c1ccc(OCC(=O)O)cc1. The quantitative estimate of drug-likeness (QED) is 0.488. The van der Waals surface area contributed by atoms with Crippen molar-refractivity contribution in [2.75, 3.05) is 26.9 Å². The normalized spacial score (nSPS) is 11.2. The number of carboxylic acids is 1. The molecule has 0 unspecified atom stereocenters. The van der Waals surface area contributed by atoms with Gasteiger partial charge in [0, 0.05) is 7.11 Å². The summed E-state index contributed by atoms with van der Waals surface area (Å²) in [7, 11) is -2.32. The number of sulfonamides is 1. The third kappa shape index (κ3) is 5.53. The molecule has 0 bridgehead atoms. The third-order valence-corrected chi connectivity index (χ3v) is 3.28. The third-order valence-electron chi connectivity index (χ3n) is 2.05. The lowest BCUT2D eigenvalue weighted by Gasteiger charge is -2.08. The summed E-state index contributed by atoms with van der Waals surface area (Å²) in [6.07, 6.45) is 0. The van der Waals surface area contributed by atoms with E-state index >= 15 is 0 Å². The van der Waals surface area contributed by atoms with Gasteiger partial charge in [-0.05, 0) is 24.3 Å². The molecular weight excluding hydrogens is 290 g/mol. The Morgan fingerprint density at radius 3 is 2.45 bits per heavy atom. The van der Waals surface area contributed by atoms with E-state index in [0.717, 1.165) is 0 Å². The minimum atomic E-state index is -3.79. The zero-order chi connectivity index (χ0) is 15.0. The Hall–Kier alpha value is -1.68. The molecule has 0 aliphatic rings. The summed E-state index contributed by atoms with van der Waals surface area (Å²) in [6.45, 7) is -0.162. The number of carbonyl (C=O) groups is 1. The molecule has 1 rings (SSSR count). The second-order valence-electron chi connectivity index (χ2n) is 3.58. The first kappa shape index (κ1) is 16.4. The Labute approximate surface area is 116 Å². The standard InChI is InChI=1S/C11H15NO7S/c1-17-6-7-19-12-20(15,16)10-4-2-9(3-5-10)18-8-11(13)14/h2-5,12H,6-8H2,1H3,(H,13,14). The lowest BCUT2D eigenvalue weighted by Crippen LogP contribution is -2.25. The number of nitrogens with one attached hydrogen (secondary N) is 1. The zero-order valence-electron chi connectivity index (χ0n) is 10.7. The first-order chi connectivity index (χ1) is 9.45. The van der Waals surface area contributed by atoms with E-state index in [2.05, 4.69) is 0 Å². The first-order valence-electron chi connectivity index (χ1n) is 5.53. The van der Waals surface area contributed by atoms with E-state index in [1.807, 2.05) is 4.89 Å². The molecule has 20 heavy (non-hydrogen) atoms. The van der Waals surface area contributed by atoms with Crippen LogP contribution in [0.2, 0.25) is 0 Å². The van der Waals surface area contributed by atoms with Gasteiger partial charge in [-0.15, -0.1) is 0 Å². The van der Waals surface area contributed by atoms with E-state index in [-0.39, 0.29) is 23.9 Å². The summed E-state index contributed by atoms with van der Waals surface area (Å²) in [5.41, 5.74) is 0. The lowest BCUT2D eigenvalue weighted by molar-refractivity contribution is -0.139. The monoisotopic (exact) mass is 305 g/mol. The van der Waals surface area contributed by atoms with Crippen LogP contribution in [0.5, 0.6) is 5.75 Å². The molecule has 8 nitrogen and oxygen atoms in total. The van der Waals surface area contributed by atoms with Gasteiger partial charge in [-0.1, -0.05) is 4.89 Å². The van der Waals surface area contributed by atoms with E-state index in [4.69, 9.17) is 19.4 Å². The molecule has 0 radical (unpaired) electrons. The van der Waals surface area contributed by atoms with Gasteiger partial charge in [0.25, 0.3) is 10.0 Å². The average Bonchev–Trinajstić information content (AvgIpc) is 2.42. The molecule has 112 valence electrons. The molecule has 0 heterocycles. The van der Waals surface area contributed by atoms with Crippen LogP contribution >= 0.6 is 0 Å². The second kappa shape index (κ2) is 7.80. The number of carboxylic acid groups (broad SMARTS) is 1. The summed E-state index contributed by atoms with van der Waals surface area (Å²) in [4.78, 5) is 17.0. The Morgan fingerprint density at radius 2 is 1.90 bits per heavy atom. The summed E-state index contributed by atoms with van der Waals surface area (Å²) in [5, 5.41) is 8.44. The Balaban J connectivity index is 2.60. The number of rotatable bonds is 9. The molecule has 0 spiro atoms. The number of methoxy groups -OCH3 is 1. The molecule has 9 heteroatoms. The molecule has 1 aromatic carbocycles. The molecule has 2 N–H and O–H groups in total. The van der Waals surface area contributed by atoms with Crippen molar-refractivity contribution in [3.63, 3.8) is 0 Å². The summed E-state index contributed by atoms with van der Waals surface area (Å²) in [5.74, 6) is -0.860. The van der Waals surface area contributed by atoms with Gasteiger partial charge in [-0.3, -0.25) is 4.84 Å². The van der Waals surface area contributed by atoms with Crippen molar-refractivity contribution in [1.29, 1.82) is 0 Å². The maximum atomic E-state index is 11.8. The zero-order valence-corrected chi connectivity index (χ0v) is 11.6. The molecule has 0 fully saturated rings. The minimum Gasteiger partial charge on any atom is -0.482 e. The lowest BCUT2D eigenvalue weighted by atomic mass is 10.3. The Kier molecular flexibility index (Phi) is 6.39. The largest absolute Gasteiger partial charge is 0.482 e.